The Morgan fingerprint density at radius 3 is 2.75 bits per heavy atom. The van der Waals surface area contributed by atoms with Crippen molar-refractivity contribution in [2.45, 2.75) is 12.3 Å². The molecule has 5 heteroatoms. The fourth-order valence-corrected chi connectivity index (χ4v) is 2.10. The first kappa shape index (κ1) is 9.62. The van der Waals surface area contributed by atoms with Crippen LogP contribution in [0.3, 0.4) is 0 Å². The van der Waals surface area contributed by atoms with Gasteiger partial charge in [-0.1, -0.05) is 0 Å². The highest BCUT2D eigenvalue weighted by atomic mass is 79.9. The van der Waals surface area contributed by atoms with E-state index in [2.05, 4.69) is 15.9 Å². The van der Waals surface area contributed by atoms with Crippen molar-refractivity contribution in [2.75, 3.05) is 0 Å². The number of nitriles is 1. The van der Waals surface area contributed by atoms with Crippen LogP contribution in [0.1, 0.15) is 11.3 Å². The second-order valence-electron chi connectivity index (χ2n) is 2.17. The summed E-state index contributed by atoms with van der Waals surface area (Å²) in [6.45, 7) is 0. The molecule has 0 amide bonds. The first-order chi connectivity index (χ1) is 5.56. The Morgan fingerprint density at radius 2 is 2.33 bits per heavy atom. The highest BCUT2D eigenvalue weighted by Crippen LogP contribution is 2.36. The lowest BCUT2D eigenvalue weighted by atomic mass is 10.2. The summed E-state index contributed by atoms with van der Waals surface area (Å²) in [5.74, 6) is -3.01. The van der Waals surface area contributed by atoms with E-state index in [0.717, 1.165) is 11.3 Å². The van der Waals surface area contributed by atoms with Crippen molar-refractivity contribution >= 4 is 27.3 Å². The first-order valence-electron chi connectivity index (χ1n) is 3.05. The minimum atomic E-state index is -3.01. The number of hydrogen-bond donors (Lipinski definition) is 0. The molecule has 0 aliphatic rings. The molecule has 0 saturated carbocycles. The number of rotatable bonds is 2. The molecule has 0 unspecified atom stereocenters. The highest BCUT2D eigenvalue weighted by Gasteiger charge is 2.32. The molecule has 1 nitrogen and oxygen atoms in total. The van der Waals surface area contributed by atoms with Crippen LogP contribution in [0.25, 0.3) is 0 Å². The maximum absolute atomic E-state index is 12.9. The van der Waals surface area contributed by atoms with E-state index in [0.29, 0.717) is 4.47 Å². The third kappa shape index (κ3) is 2.02. The molecule has 0 aliphatic heterocycles. The second-order valence-corrected chi connectivity index (χ2v) is 4.00. The summed E-state index contributed by atoms with van der Waals surface area (Å²) in [7, 11) is 0. The van der Waals surface area contributed by atoms with Crippen LogP contribution in [-0.4, -0.2) is 0 Å². The highest BCUT2D eigenvalue weighted by molar-refractivity contribution is 9.10. The molecular weight excluding hydrogens is 248 g/mol. The van der Waals surface area contributed by atoms with Gasteiger partial charge in [-0.05, 0) is 22.0 Å². The summed E-state index contributed by atoms with van der Waals surface area (Å²) in [4.78, 5) is -0.0732. The lowest BCUT2D eigenvalue weighted by molar-refractivity contribution is 0.00487. The third-order valence-corrected chi connectivity index (χ3v) is 3.03. The van der Waals surface area contributed by atoms with Crippen LogP contribution >= 0.6 is 27.3 Å². The molecular formula is C7H4BrF2NS. The molecule has 0 aromatic carbocycles. The number of hydrogen-bond acceptors (Lipinski definition) is 2. The van der Waals surface area contributed by atoms with Crippen LogP contribution in [0.5, 0.6) is 0 Å². The minimum Gasteiger partial charge on any atom is -0.199 e. The Labute approximate surface area is 80.8 Å². The van der Waals surface area contributed by atoms with Crippen LogP contribution in [0.2, 0.25) is 0 Å². The van der Waals surface area contributed by atoms with Gasteiger partial charge in [0.15, 0.2) is 0 Å². The summed E-state index contributed by atoms with van der Waals surface area (Å²) in [5, 5.41) is 9.70. The first-order valence-corrected chi connectivity index (χ1v) is 4.73. The fraction of sp³-hybridized carbons (Fsp3) is 0.286. The molecule has 0 spiro atoms. The Hall–Kier alpha value is -0.470. The average molecular weight is 252 g/mol. The standard InChI is InChI=1S/C7H4BrF2NS/c8-5-3-6(12-4-5)7(9,10)1-2-11/h3-4H,1H2. The molecule has 0 aliphatic carbocycles. The Bertz CT molecular complexity index is 315. The van der Waals surface area contributed by atoms with E-state index in [1.54, 1.807) is 5.38 Å². The molecule has 1 aromatic heterocycles. The van der Waals surface area contributed by atoms with Crippen LogP contribution in [0.15, 0.2) is 15.9 Å². The van der Waals surface area contributed by atoms with E-state index in [1.165, 1.54) is 12.1 Å². The molecule has 64 valence electrons. The number of thiophene rings is 1. The maximum Gasteiger partial charge on any atom is 0.295 e. The van der Waals surface area contributed by atoms with Gasteiger partial charge in [0.1, 0.15) is 6.42 Å². The van der Waals surface area contributed by atoms with E-state index in [4.69, 9.17) is 5.26 Å². The summed E-state index contributed by atoms with van der Waals surface area (Å²) >= 11 is 4.02. The molecule has 1 rings (SSSR count). The minimum absolute atomic E-state index is 0.0732. The summed E-state index contributed by atoms with van der Waals surface area (Å²) in [6, 6.07) is 2.79. The van der Waals surface area contributed by atoms with Gasteiger partial charge in [0.25, 0.3) is 5.92 Å². The van der Waals surface area contributed by atoms with Crippen molar-refractivity contribution in [3.05, 3.63) is 20.8 Å². The number of alkyl halides is 2. The lowest BCUT2D eigenvalue weighted by Crippen LogP contribution is -2.09. The van der Waals surface area contributed by atoms with Gasteiger partial charge in [-0.15, -0.1) is 11.3 Å². The molecule has 0 atom stereocenters. The molecule has 0 bridgehead atoms. The fourth-order valence-electron chi connectivity index (χ4n) is 0.691. The number of nitrogens with zero attached hydrogens (tertiary/aromatic N) is 1. The summed E-state index contributed by atoms with van der Waals surface area (Å²) < 4.78 is 26.5. The van der Waals surface area contributed by atoms with E-state index < -0.39 is 12.3 Å². The molecule has 0 N–H and O–H groups in total. The summed E-state index contributed by atoms with van der Waals surface area (Å²) in [5.41, 5.74) is 0. The van der Waals surface area contributed by atoms with Crippen molar-refractivity contribution in [1.29, 1.82) is 5.26 Å². The molecule has 0 saturated heterocycles. The van der Waals surface area contributed by atoms with Crippen LogP contribution in [0, 0.1) is 11.3 Å². The number of halogens is 3. The van der Waals surface area contributed by atoms with Gasteiger partial charge in [0, 0.05) is 9.85 Å². The van der Waals surface area contributed by atoms with Crippen molar-refractivity contribution in [2.24, 2.45) is 0 Å². The largest absolute Gasteiger partial charge is 0.295 e. The van der Waals surface area contributed by atoms with Crippen molar-refractivity contribution in [3.63, 3.8) is 0 Å². The van der Waals surface area contributed by atoms with Crippen LogP contribution < -0.4 is 0 Å². The average Bonchev–Trinajstić information content (AvgIpc) is 2.36. The quantitative estimate of drug-likeness (QED) is 0.789. The van der Waals surface area contributed by atoms with Gasteiger partial charge in [0.2, 0.25) is 0 Å². The third-order valence-electron chi connectivity index (χ3n) is 1.23. The van der Waals surface area contributed by atoms with Gasteiger partial charge >= 0.3 is 0 Å². The topological polar surface area (TPSA) is 23.8 Å². The Morgan fingerprint density at radius 1 is 1.67 bits per heavy atom. The molecule has 0 radical (unpaired) electrons. The van der Waals surface area contributed by atoms with Crippen LogP contribution in [0.4, 0.5) is 8.78 Å². The SMILES string of the molecule is N#CCC(F)(F)c1cc(Br)cs1. The zero-order chi connectivity index (χ0) is 9.19. The maximum atomic E-state index is 12.9. The monoisotopic (exact) mass is 251 g/mol. The molecule has 1 heterocycles. The van der Waals surface area contributed by atoms with Gasteiger partial charge in [-0.3, -0.25) is 0 Å². The Balaban J connectivity index is 2.90. The molecule has 0 fully saturated rings. The van der Waals surface area contributed by atoms with Gasteiger partial charge in [0.05, 0.1) is 10.9 Å². The van der Waals surface area contributed by atoms with Crippen LogP contribution in [-0.2, 0) is 5.92 Å². The van der Waals surface area contributed by atoms with Crippen molar-refractivity contribution in [1.82, 2.24) is 0 Å². The van der Waals surface area contributed by atoms with Crippen molar-refractivity contribution < 1.29 is 8.78 Å². The van der Waals surface area contributed by atoms with Gasteiger partial charge < -0.3 is 0 Å². The van der Waals surface area contributed by atoms with Gasteiger partial charge in [-0.2, -0.15) is 14.0 Å². The second kappa shape index (κ2) is 3.50. The zero-order valence-corrected chi connectivity index (χ0v) is 8.25. The Kier molecular flexibility index (Phi) is 2.80. The molecule has 1 aromatic rings. The normalized spacial score (nSPS) is 11.2. The van der Waals surface area contributed by atoms with E-state index >= 15 is 0 Å². The predicted molar refractivity (Wildman–Crippen MR) is 46.1 cm³/mol. The smallest absolute Gasteiger partial charge is 0.199 e. The summed E-state index contributed by atoms with van der Waals surface area (Å²) in [6.07, 6.45) is -0.764. The van der Waals surface area contributed by atoms with Crippen molar-refractivity contribution in [3.8, 4) is 6.07 Å². The lowest BCUT2D eigenvalue weighted by Gasteiger charge is -2.08. The molecule has 12 heavy (non-hydrogen) atoms. The predicted octanol–water partition coefficient (Wildman–Crippen LogP) is 3.52. The van der Waals surface area contributed by atoms with E-state index in [9.17, 15) is 8.78 Å². The zero-order valence-electron chi connectivity index (χ0n) is 5.85. The van der Waals surface area contributed by atoms with Gasteiger partial charge in [-0.25, -0.2) is 0 Å². The van der Waals surface area contributed by atoms with E-state index in [-0.39, 0.29) is 4.88 Å². The van der Waals surface area contributed by atoms with E-state index in [1.807, 2.05) is 0 Å².